The molecule has 1 saturated heterocycles. The van der Waals surface area contributed by atoms with Gasteiger partial charge in [0.15, 0.2) is 0 Å². The third-order valence-corrected chi connectivity index (χ3v) is 4.28. The van der Waals surface area contributed by atoms with Gasteiger partial charge in [0.2, 0.25) is 0 Å². The maximum atomic E-state index is 6.45. The molecule has 0 aromatic carbocycles. The van der Waals surface area contributed by atoms with Gasteiger partial charge in [-0.05, 0) is 49.9 Å². The molecular formula is C11H19NO. The van der Waals surface area contributed by atoms with Gasteiger partial charge in [-0.25, -0.2) is 0 Å². The molecule has 2 heteroatoms. The Morgan fingerprint density at radius 1 is 1.08 bits per heavy atom. The molecular weight excluding hydrogens is 162 g/mol. The van der Waals surface area contributed by atoms with Crippen LogP contribution in [0.25, 0.3) is 0 Å². The van der Waals surface area contributed by atoms with E-state index in [-0.39, 0.29) is 5.54 Å². The first-order valence-electron chi connectivity index (χ1n) is 5.67. The number of ether oxygens (including phenoxy) is 1. The maximum absolute atomic E-state index is 6.45. The van der Waals surface area contributed by atoms with Crippen LogP contribution in [-0.2, 0) is 4.74 Å². The second kappa shape index (κ2) is 2.71. The zero-order chi connectivity index (χ0) is 8.89. The minimum absolute atomic E-state index is 0.241. The van der Waals surface area contributed by atoms with Crippen LogP contribution < -0.4 is 5.73 Å². The molecule has 3 aliphatic rings. The summed E-state index contributed by atoms with van der Waals surface area (Å²) in [5.41, 5.74) is 6.69. The molecule has 2 atom stereocenters. The highest BCUT2D eigenvalue weighted by Crippen LogP contribution is 2.60. The Morgan fingerprint density at radius 2 is 1.77 bits per heavy atom. The van der Waals surface area contributed by atoms with Crippen LogP contribution in [0.5, 0.6) is 0 Å². The minimum Gasteiger partial charge on any atom is -0.381 e. The summed E-state index contributed by atoms with van der Waals surface area (Å²) in [7, 11) is 0. The lowest BCUT2D eigenvalue weighted by molar-refractivity contribution is 0.0525. The van der Waals surface area contributed by atoms with Gasteiger partial charge in [-0.2, -0.15) is 0 Å². The van der Waals surface area contributed by atoms with Crippen LogP contribution in [0.3, 0.4) is 0 Å². The van der Waals surface area contributed by atoms with Crippen molar-refractivity contribution in [3.63, 3.8) is 0 Å². The van der Waals surface area contributed by atoms with Crippen molar-refractivity contribution in [1.82, 2.24) is 0 Å². The van der Waals surface area contributed by atoms with E-state index in [0.717, 1.165) is 31.0 Å². The van der Waals surface area contributed by atoms with Gasteiger partial charge in [0.25, 0.3) is 0 Å². The van der Waals surface area contributed by atoms with Crippen molar-refractivity contribution in [2.75, 3.05) is 13.2 Å². The molecule has 13 heavy (non-hydrogen) atoms. The van der Waals surface area contributed by atoms with E-state index >= 15 is 0 Å². The van der Waals surface area contributed by atoms with Crippen LogP contribution in [0.15, 0.2) is 0 Å². The topological polar surface area (TPSA) is 35.2 Å². The van der Waals surface area contributed by atoms with Gasteiger partial charge < -0.3 is 10.5 Å². The maximum Gasteiger partial charge on any atom is 0.0469 e. The van der Waals surface area contributed by atoms with Crippen molar-refractivity contribution in [2.45, 2.75) is 37.6 Å². The number of rotatable bonds is 2. The standard InChI is InChI=1S/C11H19NO/c12-11(7-10(11)8-1-2-8)9-3-5-13-6-4-9/h8-10H,1-7,12H2. The molecule has 0 aromatic heterocycles. The smallest absolute Gasteiger partial charge is 0.0469 e. The van der Waals surface area contributed by atoms with E-state index in [2.05, 4.69) is 0 Å². The van der Waals surface area contributed by atoms with E-state index in [9.17, 15) is 0 Å². The normalized spacial score (nSPS) is 46.4. The fourth-order valence-corrected chi connectivity index (χ4v) is 3.13. The molecule has 3 rings (SSSR count). The van der Waals surface area contributed by atoms with Crippen molar-refractivity contribution >= 4 is 0 Å². The SMILES string of the molecule is NC1(C2CCOCC2)CC1C1CC1. The van der Waals surface area contributed by atoms with Gasteiger partial charge in [0.1, 0.15) is 0 Å². The molecule has 2 unspecified atom stereocenters. The highest BCUT2D eigenvalue weighted by Gasteiger charge is 2.60. The first kappa shape index (κ1) is 8.25. The number of hydrogen-bond acceptors (Lipinski definition) is 2. The Morgan fingerprint density at radius 3 is 2.38 bits per heavy atom. The van der Waals surface area contributed by atoms with Gasteiger partial charge in [-0.15, -0.1) is 0 Å². The predicted molar refractivity (Wildman–Crippen MR) is 51.3 cm³/mol. The highest BCUT2D eigenvalue weighted by molar-refractivity contribution is 5.16. The molecule has 3 fully saturated rings. The summed E-state index contributed by atoms with van der Waals surface area (Å²) < 4.78 is 5.38. The first-order valence-corrected chi connectivity index (χ1v) is 5.67. The summed E-state index contributed by atoms with van der Waals surface area (Å²) >= 11 is 0. The van der Waals surface area contributed by atoms with E-state index in [1.54, 1.807) is 0 Å². The van der Waals surface area contributed by atoms with Crippen LogP contribution in [0.2, 0.25) is 0 Å². The lowest BCUT2D eigenvalue weighted by Gasteiger charge is -2.28. The summed E-state index contributed by atoms with van der Waals surface area (Å²) in [4.78, 5) is 0. The molecule has 1 aliphatic heterocycles. The van der Waals surface area contributed by atoms with Crippen molar-refractivity contribution in [1.29, 1.82) is 0 Å². The van der Waals surface area contributed by atoms with E-state index in [0.29, 0.717) is 0 Å². The monoisotopic (exact) mass is 181 g/mol. The molecule has 2 saturated carbocycles. The fraction of sp³-hybridized carbons (Fsp3) is 1.00. The molecule has 0 aromatic rings. The van der Waals surface area contributed by atoms with Gasteiger partial charge in [-0.3, -0.25) is 0 Å². The lowest BCUT2D eigenvalue weighted by Crippen LogP contribution is -2.38. The fourth-order valence-electron chi connectivity index (χ4n) is 3.13. The summed E-state index contributed by atoms with van der Waals surface area (Å²) in [5.74, 6) is 2.66. The van der Waals surface area contributed by atoms with Gasteiger partial charge in [-0.1, -0.05) is 0 Å². The van der Waals surface area contributed by atoms with Gasteiger partial charge in [0, 0.05) is 18.8 Å². The average Bonchev–Trinajstić information content (AvgIpc) is 3.00. The zero-order valence-electron chi connectivity index (χ0n) is 8.17. The molecule has 2 nitrogen and oxygen atoms in total. The van der Waals surface area contributed by atoms with Crippen molar-refractivity contribution in [3.05, 3.63) is 0 Å². The van der Waals surface area contributed by atoms with Crippen LogP contribution in [-0.4, -0.2) is 18.8 Å². The van der Waals surface area contributed by atoms with Gasteiger partial charge in [0.05, 0.1) is 0 Å². The summed E-state index contributed by atoms with van der Waals surface area (Å²) in [6.07, 6.45) is 6.63. The van der Waals surface area contributed by atoms with Crippen LogP contribution in [0.4, 0.5) is 0 Å². The molecule has 2 aliphatic carbocycles. The second-order valence-electron chi connectivity index (χ2n) is 5.15. The second-order valence-corrected chi connectivity index (χ2v) is 5.15. The number of nitrogens with two attached hydrogens (primary N) is 1. The van der Waals surface area contributed by atoms with E-state index in [1.165, 1.54) is 32.1 Å². The molecule has 74 valence electrons. The Kier molecular flexibility index (Phi) is 1.72. The largest absolute Gasteiger partial charge is 0.381 e. The number of hydrogen-bond donors (Lipinski definition) is 1. The van der Waals surface area contributed by atoms with E-state index < -0.39 is 0 Å². The van der Waals surface area contributed by atoms with Crippen LogP contribution in [0.1, 0.15) is 32.1 Å². The molecule has 0 spiro atoms. The quantitative estimate of drug-likeness (QED) is 0.701. The summed E-state index contributed by atoms with van der Waals surface area (Å²) in [6, 6.07) is 0. The molecule has 0 amide bonds. The lowest BCUT2D eigenvalue weighted by atomic mass is 9.88. The Labute approximate surface area is 79.8 Å². The van der Waals surface area contributed by atoms with Crippen molar-refractivity contribution < 1.29 is 4.74 Å². The third kappa shape index (κ3) is 1.31. The van der Waals surface area contributed by atoms with Crippen LogP contribution >= 0.6 is 0 Å². The molecule has 0 bridgehead atoms. The molecule has 2 N–H and O–H groups in total. The van der Waals surface area contributed by atoms with Crippen molar-refractivity contribution in [3.8, 4) is 0 Å². The van der Waals surface area contributed by atoms with Gasteiger partial charge >= 0.3 is 0 Å². The predicted octanol–water partition coefficient (Wildman–Crippen LogP) is 1.54. The Bertz CT molecular complexity index is 208. The van der Waals surface area contributed by atoms with Crippen molar-refractivity contribution in [2.24, 2.45) is 23.5 Å². The average molecular weight is 181 g/mol. The highest BCUT2D eigenvalue weighted by atomic mass is 16.5. The Hall–Kier alpha value is -0.0800. The van der Waals surface area contributed by atoms with E-state index in [1.807, 2.05) is 0 Å². The Balaban J connectivity index is 1.63. The first-order chi connectivity index (χ1) is 6.31. The summed E-state index contributed by atoms with van der Waals surface area (Å²) in [6.45, 7) is 1.89. The van der Waals surface area contributed by atoms with E-state index in [4.69, 9.17) is 10.5 Å². The third-order valence-electron chi connectivity index (χ3n) is 4.28. The molecule has 0 radical (unpaired) electrons. The van der Waals surface area contributed by atoms with Crippen LogP contribution in [0, 0.1) is 17.8 Å². The summed E-state index contributed by atoms with van der Waals surface area (Å²) in [5, 5.41) is 0. The molecule has 1 heterocycles. The zero-order valence-corrected chi connectivity index (χ0v) is 8.17. The minimum atomic E-state index is 0.241.